The zero-order valence-electron chi connectivity index (χ0n) is 18.6. The van der Waals surface area contributed by atoms with Crippen molar-refractivity contribution in [3.05, 3.63) is 53.2 Å². The molecule has 9 heteroatoms. The standard InChI is InChI=1S/C23H28F2N4O3/c1-13(2)16-7-5-6-8-17(16)23(11-29(12-23)20(30)15(4)26)21(31)28-18-10-9-14(3)27-19(18)32-22(24)25/h5-10,13,15,22H,11-12,26H2,1-4H3,(H,28,31). The average molecular weight is 446 g/mol. The van der Waals surface area contributed by atoms with Crippen LogP contribution in [0, 0.1) is 6.92 Å². The molecular formula is C23H28F2N4O3. The Morgan fingerprint density at radius 2 is 1.81 bits per heavy atom. The van der Waals surface area contributed by atoms with Crippen LogP contribution in [0.5, 0.6) is 5.88 Å². The number of carbonyl (C=O) groups excluding carboxylic acids is 2. The van der Waals surface area contributed by atoms with Gasteiger partial charge < -0.3 is 20.7 Å². The van der Waals surface area contributed by atoms with E-state index in [1.165, 1.54) is 11.0 Å². The van der Waals surface area contributed by atoms with Crippen molar-refractivity contribution in [1.29, 1.82) is 0 Å². The Morgan fingerprint density at radius 1 is 1.16 bits per heavy atom. The van der Waals surface area contributed by atoms with Gasteiger partial charge in [0.1, 0.15) is 11.1 Å². The number of aryl methyl sites for hydroxylation is 1. The number of anilines is 1. The van der Waals surface area contributed by atoms with Crippen LogP contribution in [0.15, 0.2) is 36.4 Å². The van der Waals surface area contributed by atoms with Crippen LogP contribution in [-0.4, -0.2) is 47.4 Å². The highest BCUT2D eigenvalue weighted by Gasteiger charge is 2.53. The van der Waals surface area contributed by atoms with E-state index in [1.807, 2.05) is 38.1 Å². The van der Waals surface area contributed by atoms with E-state index in [0.717, 1.165) is 11.1 Å². The zero-order chi connectivity index (χ0) is 23.6. The van der Waals surface area contributed by atoms with E-state index in [0.29, 0.717) is 5.69 Å². The second-order valence-corrected chi connectivity index (χ2v) is 8.45. The largest absolute Gasteiger partial charge is 0.415 e. The number of amides is 2. The molecule has 1 aliphatic heterocycles. The number of benzene rings is 1. The van der Waals surface area contributed by atoms with E-state index in [2.05, 4.69) is 15.0 Å². The molecule has 0 aliphatic carbocycles. The minimum Gasteiger partial charge on any atom is -0.415 e. The Morgan fingerprint density at radius 3 is 2.41 bits per heavy atom. The van der Waals surface area contributed by atoms with Crippen LogP contribution in [-0.2, 0) is 15.0 Å². The van der Waals surface area contributed by atoms with Gasteiger partial charge in [0, 0.05) is 18.8 Å². The van der Waals surface area contributed by atoms with E-state index in [1.54, 1.807) is 19.9 Å². The van der Waals surface area contributed by atoms with Crippen molar-refractivity contribution in [1.82, 2.24) is 9.88 Å². The zero-order valence-corrected chi connectivity index (χ0v) is 18.6. The molecule has 1 atom stereocenters. The van der Waals surface area contributed by atoms with Crippen molar-refractivity contribution in [2.75, 3.05) is 18.4 Å². The molecule has 2 heterocycles. The molecule has 2 amide bonds. The van der Waals surface area contributed by atoms with Gasteiger partial charge >= 0.3 is 6.61 Å². The van der Waals surface area contributed by atoms with Gasteiger partial charge in [-0.2, -0.15) is 8.78 Å². The summed E-state index contributed by atoms with van der Waals surface area (Å²) in [5.41, 5.74) is 6.96. The molecule has 1 fully saturated rings. The number of hydrogen-bond donors (Lipinski definition) is 2. The lowest BCUT2D eigenvalue weighted by Gasteiger charge is -2.50. The Balaban J connectivity index is 2.00. The fourth-order valence-corrected chi connectivity index (χ4v) is 3.97. The molecule has 1 aromatic carbocycles. The monoisotopic (exact) mass is 446 g/mol. The summed E-state index contributed by atoms with van der Waals surface area (Å²) < 4.78 is 30.3. The number of nitrogens with one attached hydrogen (secondary N) is 1. The van der Waals surface area contributed by atoms with E-state index < -0.39 is 24.0 Å². The Bertz CT molecular complexity index is 1000. The van der Waals surface area contributed by atoms with Gasteiger partial charge in [-0.3, -0.25) is 9.59 Å². The van der Waals surface area contributed by atoms with Crippen LogP contribution < -0.4 is 15.8 Å². The van der Waals surface area contributed by atoms with Crippen LogP contribution in [0.1, 0.15) is 43.5 Å². The fraction of sp³-hybridized carbons (Fsp3) is 0.435. The number of nitrogens with zero attached hydrogens (tertiary/aromatic N) is 2. The van der Waals surface area contributed by atoms with Crippen molar-refractivity contribution < 1.29 is 23.1 Å². The molecule has 1 saturated heterocycles. The summed E-state index contributed by atoms with van der Waals surface area (Å²) in [6.07, 6.45) is 0. The summed E-state index contributed by atoms with van der Waals surface area (Å²) in [4.78, 5) is 31.5. The lowest BCUT2D eigenvalue weighted by molar-refractivity contribution is -0.144. The second-order valence-electron chi connectivity index (χ2n) is 8.45. The second kappa shape index (κ2) is 9.20. The minimum atomic E-state index is -3.08. The van der Waals surface area contributed by atoms with E-state index in [-0.39, 0.29) is 36.5 Å². The number of rotatable bonds is 7. The summed E-state index contributed by atoms with van der Waals surface area (Å²) in [6, 6.07) is 9.93. The summed E-state index contributed by atoms with van der Waals surface area (Å²) >= 11 is 0. The van der Waals surface area contributed by atoms with Gasteiger partial charge in [0.25, 0.3) is 0 Å². The first-order chi connectivity index (χ1) is 15.0. The number of nitrogens with two attached hydrogens (primary N) is 1. The highest BCUT2D eigenvalue weighted by atomic mass is 19.3. The van der Waals surface area contributed by atoms with Crippen molar-refractivity contribution in [2.45, 2.75) is 51.7 Å². The molecule has 0 bridgehead atoms. The fourth-order valence-electron chi connectivity index (χ4n) is 3.97. The smallest absolute Gasteiger partial charge is 0.388 e. The number of carbonyl (C=O) groups is 2. The lowest BCUT2D eigenvalue weighted by atomic mass is 9.69. The SMILES string of the molecule is Cc1ccc(NC(=O)C2(c3ccccc3C(C)C)CN(C(=O)C(C)N)C2)c(OC(F)F)n1. The predicted octanol–water partition coefficient (Wildman–Crippen LogP) is 3.18. The van der Waals surface area contributed by atoms with Crippen molar-refractivity contribution in [3.8, 4) is 5.88 Å². The number of pyridine rings is 1. The molecule has 172 valence electrons. The number of likely N-dealkylation sites (tertiary alicyclic amines) is 1. The molecule has 0 saturated carbocycles. The highest BCUT2D eigenvalue weighted by molar-refractivity contribution is 6.03. The summed E-state index contributed by atoms with van der Waals surface area (Å²) in [5.74, 6) is -0.908. The third-order valence-electron chi connectivity index (χ3n) is 5.60. The molecule has 0 spiro atoms. The number of alkyl halides is 2. The third-order valence-corrected chi connectivity index (χ3v) is 5.60. The average Bonchev–Trinajstić information content (AvgIpc) is 2.68. The molecule has 7 nitrogen and oxygen atoms in total. The number of aromatic nitrogens is 1. The van der Waals surface area contributed by atoms with Crippen LogP contribution in [0.2, 0.25) is 0 Å². The van der Waals surface area contributed by atoms with E-state index in [4.69, 9.17) is 5.73 Å². The van der Waals surface area contributed by atoms with E-state index in [9.17, 15) is 18.4 Å². The van der Waals surface area contributed by atoms with Gasteiger partial charge in [-0.25, -0.2) is 4.98 Å². The molecule has 0 radical (unpaired) electrons. The maximum atomic E-state index is 13.6. The molecule has 32 heavy (non-hydrogen) atoms. The van der Waals surface area contributed by atoms with Gasteiger partial charge in [-0.15, -0.1) is 0 Å². The Labute approximate surface area is 185 Å². The van der Waals surface area contributed by atoms with Gasteiger partial charge in [0.2, 0.25) is 17.7 Å². The topological polar surface area (TPSA) is 97.6 Å². The first-order valence-electron chi connectivity index (χ1n) is 10.4. The molecular weight excluding hydrogens is 418 g/mol. The number of hydrogen-bond acceptors (Lipinski definition) is 5. The van der Waals surface area contributed by atoms with E-state index >= 15 is 0 Å². The number of ether oxygens (including phenoxy) is 1. The van der Waals surface area contributed by atoms with Crippen molar-refractivity contribution in [3.63, 3.8) is 0 Å². The summed E-state index contributed by atoms with van der Waals surface area (Å²) in [7, 11) is 0. The summed E-state index contributed by atoms with van der Waals surface area (Å²) in [6.45, 7) is 4.45. The molecule has 3 rings (SSSR count). The van der Waals surface area contributed by atoms with Crippen LogP contribution in [0.4, 0.5) is 14.5 Å². The normalized spacial score (nSPS) is 16.0. The van der Waals surface area contributed by atoms with Gasteiger partial charge in [0.15, 0.2) is 0 Å². The van der Waals surface area contributed by atoms with Gasteiger partial charge in [-0.1, -0.05) is 38.1 Å². The molecule has 2 aromatic rings. The summed E-state index contributed by atoms with van der Waals surface area (Å²) in [5, 5.41) is 2.71. The first-order valence-corrected chi connectivity index (χ1v) is 10.4. The van der Waals surface area contributed by atoms with Gasteiger partial charge in [0.05, 0.1) is 6.04 Å². The first kappa shape index (κ1) is 23.6. The molecule has 1 aliphatic rings. The van der Waals surface area contributed by atoms with Crippen LogP contribution >= 0.6 is 0 Å². The quantitative estimate of drug-likeness (QED) is 0.681. The highest BCUT2D eigenvalue weighted by Crippen LogP contribution is 2.40. The third kappa shape index (κ3) is 4.57. The molecule has 1 unspecified atom stereocenters. The van der Waals surface area contributed by atoms with Crippen LogP contribution in [0.3, 0.4) is 0 Å². The van der Waals surface area contributed by atoms with Crippen molar-refractivity contribution >= 4 is 17.5 Å². The van der Waals surface area contributed by atoms with Gasteiger partial charge in [-0.05, 0) is 43.0 Å². The molecule has 3 N–H and O–H groups in total. The Kier molecular flexibility index (Phi) is 6.78. The minimum absolute atomic E-state index is 0.0410. The number of halogens is 2. The Hall–Kier alpha value is -3.07. The predicted molar refractivity (Wildman–Crippen MR) is 117 cm³/mol. The van der Waals surface area contributed by atoms with Crippen LogP contribution in [0.25, 0.3) is 0 Å². The lowest BCUT2D eigenvalue weighted by Crippen LogP contribution is -2.68. The molecule has 1 aromatic heterocycles. The maximum Gasteiger partial charge on any atom is 0.388 e. The van der Waals surface area contributed by atoms with Crippen molar-refractivity contribution in [2.24, 2.45) is 5.73 Å². The maximum absolute atomic E-state index is 13.6.